The van der Waals surface area contributed by atoms with Crippen molar-refractivity contribution in [2.24, 2.45) is 0 Å². The SMILES string of the molecule is CC(C)(C)c1noc(CCC(=O)NC2CCCOc3cc(F)ccc32)n1. The van der Waals surface area contributed by atoms with Crippen molar-refractivity contribution in [2.75, 3.05) is 6.61 Å². The van der Waals surface area contributed by atoms with Crippen LogP contribution in [0.3, 0.4) is 0 Å². The van der Waals surface area contributed by atoms with Gasteiger partial charge in [-0.1, -0.05) is 32.0 Å². The lowest BCUT2D eigenvalue weighted by molar-refractivity contribution is -0.121. The zero-order chi connectivity index (χ0) is 18.7. The topological polar surface area (TPSA) is 77.2 Å². The van der Waals surface area contributed by atoms with Crippen molar-refractivity contribution < 1.29 is 18.4 Å². The molecule has 0 fully saturated rings. The van der Waals surface area contributed by atoms with Gasteiger partial charge in [-0.05, 0) is 18.9 Å². The molecule has 2 aromatic rings. The van der Waals surface area contributed by atoms with E-state index in [9.17, 15) is 9.18 Å². The van der Waals surface area contributed by atoms with Gasteiger partial charge in [0.2, 0.25) is 11.8 Å². The first-order valence-corrected chi connectivity index (χ1v) is 8.87. The van der Waals surface area contributed by atoms with E-state index in [2.05, 4.69) is 15.5 Å². The van der Waals surface area contributed by atoms with E-state index in [0.717, 1.165) is 18.4 Å². The van der Waals surface area contributed by atoms with Gasteiger partial charge in [0, 0.05) is 29.9 Å². The molecule has 1 amide bonds. The van der Waals surface area contributed by atoms with Gasteiger partial charge in [-0.2, -0.15) is 4.98 Å². The third kappa shape index (κ3) is 4.39. The monoisotopic (exact) mass is 361 g/mol. The summed E-state index contributed by atoms with van der Waals surface area (Å²) in [6, 6.07) is 4.24. The van der Waals surface area contributed by atoms with E-state index in [1.807, 2.05) is 20.8 Å². The molecule has 0 spiro atoms. The molecular weight excluding hydrogens is 337 g/mol. The number of ether oxygens (including phenoxy) is 1. The number of amides is 1. The molecule has 1 aromatic heterocycles. The number of aromatic nitrogens is 2. The Labute approximate surface area is 152 Å². The molecular formula is C19H24FN3O3. The number of halogens is 1. The minimum absolute atomic E-state index is 0.109. The smallest absolute Gasteiger partial charge is 0.227 e. The molecule has 1 aliphatic heterocycles. The molecule has 0 aliphatic carbocycles. The van der Waals surface area contributed by atoms with E-state index in [1.165, 1.54) is 12.1 Å². The van der Waals surface area contributed by atoms with Crippen molar-refractivity contribution in [2.45, 2.75) is 57.9 Å². The summed E-state index contributed by atoms with van der Waals surface area (Å²) in [7, 11) is 0. The largest absolute Gasteiger partial charge is 0.493 e. The van der Waals surface area contributed by atoms with Gasteiger partial charge >= 0.3 is 0 Å². The Kier molecular flexibility index (Phi) is 5.25. The lowest BCUT2D eigenvalue weighted by Crippen LogP contribution is -2.28. The number of fused-ring (bicyclic) bond motifs is 1. The first-order chi connectivity index (χ1) is 12.3. The number of nitrogens with zero attached hydrogens (tertiary/aromatic N) is 2. The Balaban J connectivity index is 1.61. The molecule has 0 radical (unpaired) electrons. The van der Waals surface area contributed by atoms with Crippen molar-refractivity contribution >= 4 is 5.91 Å². The molecule has 2 heterocycles. The third-order valence-electron chi connectivity index (χ3n) is 4.29. The third-order valence-corrected chi connectivity index (χ3v) is 4.29. The molecule has 1 unspecified atom stereocenters. The predicted molar refractivity (Wildman–Crippen MR) is 93.3 cm³/mol. The summed E-state index contributed by atoms with van der Waals surface area (Å²) >= 11 is 0. The van der Waals surface area contributed by atoms with Gasteiger partial charge in [0.15, 0.2) is 5.82 Å². The molecule has 1 N–H and O–H groups in total. The Morgan fingerprint density at radius 1 is 1.38 bits per heavy atom. The molecule has 0 saturated carbocycles. The lowest BCUT2D eigenvalue weighted by atomic mass is 9.96. The quantitative estimate of drug-likeness (QED) is 0.902. The second-order valence-corrected chi connectivity index (χ2v) is 7.55. The molecule has 1 aromatic carbocycles. The molecule has 140 valence electrons. The zero-order valence-corrected chi connectivity index (χ0v) is 15.3. The number of carbonyl (C=O) groups excluding carboxylic acids is 1. The zero-order valence-electron chi connectivity index (χ0n) is 15.3. The van der Waals surface area contributed by atoms with Crippen LogP contribution in [0.25, 0.3) is 0 Å². The van der Waals surface area contributed by atoms with E-state index in [1.54, 1.807) is 6.07 Å². The maximum absolute atomic E-state index is 13.4. The van der Waals surface area contributed by atoms with E-state index < -0.39 is 0 Å². The van der Waals surface area contributed by atoms with E-state index in [0.29, 0.717) is 30.5 Å². The highest BCUT2D eigenvalue weighted by Gasteiger charge is 2.23. The first-order valence-electron chi connectivity index (χ1n) is 8.87. The maximum atomic E-state index is 13.4. The molecule has 7 heteroatoms. The summed E-state index contributed by atoms with van der Waals surface area (Å²) in [6.45, 7) is 6.52. The van der Waals surface area contributed by atoms with Gasteiger partial charge in [0.05, 0.1) is 12.6 Å². The van der Waals surface area contributed by atoms with E-state index >= 15 is 0 Å². The molecule has 6 nitrogen and oxygen atoms in total. The molecule has 0 saturated heterocycles. The van der Waals surface area contributed by atoms with Crippen molar-refractivity contribution in [3.05, 3.63) is 41.3 Å². The van der Waals surface area contributed by atoms with Crippen LogP contribution in [0, 0.1) is 5.82 Å². The highest BCUT2D eigenvalue weighted by Crippen LogP contribution is 2.32. The average Bonchev–Trinajstić information content (AvgIpc) is 2.97. The summed E-state index contributed by atoms with van der Waals surface area (Å²) < 4.78 is 24.2. The van der Waals surface area contributed by atoms with Crippen molar-refractivity contribution in [1.29, 1.82) is 0 Å². The standard InChI is InChI=1S/C19H24FN3O3/c1-19(2,3)18-22-17(26-23-18)9-8-16(24)21-14-5-4-10-25-15-11-12(20)6-7-13(14)15/h6-7,11,14H,4-5,8-10H2,1-3H3,(H,21,24). The first kappa shape index (κ1) is 18.4. The van der Waals surface area contributed by atoms with Crippen molar-refractivity contribution in [3.63, 3.8) is 0 Å². The molecule has 0 bridgehead atoms. The van der Waals surface area contributed by atoms with Gasteiger partial charge in [-0.25, -0.2) is 4.39 Å². The Hall–Kier alpha value is -2.44. The number of nitrogens with one attached hydrogen (secondary N) is 1. The van der Waals surface area contributed by atoms with Crippen LogP contribution in [0.4, 0.5) is 4.39 Å². The van der Waals surface area contributed by atoms with Crippen LogP contribution in [0.5, 0.6) is 5.75 Å². The number of hydrogen-bond donors (Lipinski definition) is 1. The maximum Gasteiger partial charge on any atom is 0.227 e. The molecule has 1 atom stereocenters. The summed E-state index contributed by atoms with van der Waals surface area (Å²) in [4.78, 5) is 16.7. The molecule has 3 rings (SSSR count). The van der Waals surface area contributed by atoms with E-state index in [-0.39, 0.29) is 29.6 Å². The fraction of sp³-hybridized carbons (Fsp3) is 0.526. The molecule has 1 aliphatic rings. The second-order valence-electron chi connectivity index (χ2n) is 7.55. The Morgan fingerprint density at radius 2 is 2.19 bits per heavy atom. The Morgan fingerprint density at radius 3 is 2.92 bits per heavy atom. The highest BCUT2D eigenvalue weighted by molar-refractivity contribution is 5.76. The van der Waals surface area contributed by atoms with Crippen molar-refractivity contribution in [3.8, 4) is 5.75 Å². The lowest BCUT2D eigenvalue weighted by Gasteiger charge is -2.18. The summed E-state index contributed by atoms with van der Waals surface area (Å²) in [6.07, 6.45) is 2.17. The number of rotatable bonds is 4. The fourth-order valence-corrected chi connectivity index (χ4v) is 2.84. The summed E-state index contributed by atoms with van der Waals surface area (Å²) in [5.74, 6) is 1.13. The van der Waals surface area contributed by atoms with Crippen LogP contribution < -0.4 is 10.1 Å². The predicted octanol–water partition coefficient (Wildman–Crippen LogP) is 3.47. The fourth-order valence-electron chi connectivity index (χ4n) is 2.84. The van der Waals surface area contributed by atoms with Crippen LogP contribution in [-0.4, -0.2) is 22.7 Å². The summed E-state index contributed by atoms with van der Waals surface area (Å²) in [5, 5.41) is 6.97. The molecule has 26 heavy (non-hydrogen) atoms. The van der Waals surface area contributed by atoms with Gasteiger partial charge in [0.1, 0.15) is 11.6 Å². The van der Waals surface area contributed by atoms with Crippen LogP contribution in [0.1, 0.15) is 63.4 Å². The highest BCUT2D eigenvalue weighted by atomic mass is 19.1. The number of aryl methyl sites for hydroxylation is 1. The van der Waals surface area contributed by atoms with Crippen LogP contribution >= 0.6 is 0 Å². The second kappa shape index (κ2) is 7.43. The normalized spacial score (nSPS) is 17.2. The van der Waals surface area contributed by atoms with E-state index in [4.69, 9.17) is 9.26 Å². The summed E-state index contributed by atoms with van der Waals surface area (Å²) in [5.41, 5.74) is 0.619. The van der Waals surface area contributed by atoms with Gasteiger partial charge in [0.25, 0.3) is 0 Å². The van der Waals surface area contributed by atoms with Crippen LogP contribution in [0.15, 0.2) is 22.7 Å². The number of carbonyl (C=O) groups is 1. The van der Waals surface area contributed by atoms with Crippen molar-refractivity contribution in [1.82, 2.24) is 15.5 Å². The minimum Gasteiger partial charge on any atom is -0.493 e. The number of benzene rings is 1. The van der Waals surface area contributed by atoms with Crippen LogP contribution in [-0.2, 0) is 16.6 Å². The van der Waals surface area contributed by atoms with Gasteiger partial charge in [-0.15, -0.1) is 0 Å². The van der Waals surface area contributed by atoms with Gasteiger partial charge in [-0.3, -0.25) is 4.79 Å². The Bertz CT molecular complexity index is 783. The van der Waals surface area contributed by atoms with Crippen LogP contribution in [0.2, 0.25) is 0 Å². The van der Waals surface area contributed by atoms with Gasteiger partial charge < -0.3 is 14.6 Å². The minimum atomic E-state index is -0.346. The number of hydrogen-bond acceptors (Lipinski definition) is 5. The average molecular weight is 361 g/mol.